The summed E-state index contributed by atoms with van der Waals surface area (Å²) < 4.78 is 28.1. The Bertz CT molecular complexity index is 1050. The molecule has 0 radical (unpaired) electrons. The van der Waals surface area contributed by atoms with E-state index in [1.807, 2.05) is 0 Å². The Kier molecular flexibility index (Phi) is 4.81. The Hall–Kier alpha value is -2.20. The lowest BCUT2D eigenvalue weighted by Crippen LogP contribution is -2.47. The fourth-order valence-corrected chi connectivity index (χ4v) is 4.19. The van der Waals surface area contributed by atoms with Gasteiger partial charge in [0.15, 0.2) is 0 Å². The van der Waals surface area contributed by atoms with Gasteiger partial charge in [0.05, 0.1) is 37.0 Å². The molecule has 1 spiro atoms. The van der Waals surface area contributed by atoms with E-state index in [-0.39, 0.29) is 35.9 Å². The maximum Gasteiger partial charge on any atom is 0.341 e. The Morgan fingerprint density at radius 1 is 1.28 bits per heavy atom. The number of carboxylic acid groups (broad SMARTS) is 1. The molecule has 3 aliphatic rings. The molecule has 3 N–H and O–H groups in total. The SMILES string of the molecule is Cl.NC1CN(c2cc3c(cc2F)c(=O)c(C(=O)O)cn3C2CC2)CC12OCCO2. The average Bonchev–Trinajstić information content (AvgIpc) is 3.30. The molecule has 5 rings (SSSR count). The quantitative estimate of drug-likeness (QED) is 0.767. The van der Waals surface area contributed by atoms with E-state index in [1.165, 1.54) is 6.20 Å². The molecule has 3 heterocycles. The smallest absolute Gasteiger partial charge is 0.341 e. The summed E-state index contributed by atoms with van der Waals surface area (Å²) in [6.45, 7) is 1.53. The molecule has 1 saturated carbocycles. The van der Waals surface area contributed by atoms with E-state index >= 15 is 0 Å². The standard InChI is InChI=1S/C19H20FN3O5.ClH/c20-13-5-11-14(23(10-1-2-10)7-12(17(11)24)18(25)26)6-15(13)22-8-16(21)19(9-22)27-3-4-28-19;/h5-7,10,16H,1-4,8-9,21H2,(H,25,26);1H. The maximum atomic E-state index is 15.0. The van der Waals surface area contributed by atoms with E-state index in [4.69, 9.17) is 15.2 Å². The number of carbonyl (C=O) groups is 1. The number of nitrogens with zero attached hydrogens (tertiary/aromatic N) is 2. The second-order valence-corrected chi connectivity index (χ2v) is 7.63. The van der Waals surface area contributed by atoms with Gasteiger partial charge in [0.2, 0.25) is 11.2 Å². The topological polar surface area (TPSA) is 107 Å². The fraction of sp³-hybridized carbons (Fsp3) is 0.474. The van der Waals surface area contributed by atoms with Gasteiger partial charge in [-0.1, -0.05) is 0 Å². The monoisotopic (exact) mass is 425 g/mol. The van der Waals surface area contributed by atoms with Crippen molar-refractivity contribution in [1.29, 1.82) is 0 Å². The van der Waals surface area contributed by atoms with Gasteiger partial charge in [-0.15, -0.1) is 12.4 Å². The first-order valence-corrected chi connectivity index (χ1v) is 9.30. The van der Waals surface area contributed by atoms with Crippen molar-refractivity contribution in [1.82, 2.24) is 4.57 Å². The number of anilines is 1. The van der Waals surface area contributed by atoms with Crippen LogP contribution in [0.5, 0.6) is 0 Å². The number of benzene rings is 1. The molecule has 10 heteroatoms. The lowest BCUT2D eigenvalue weighted by Gasteiger charge is -2.26. The number of fused-ring (bicyclic) bond motifs is 1. The molecule has 1 atom stereocenters. The van der Waals surface area contributed by atoms with Crippen molar-refractivity contribution in [2.75, 3.05) is 31.2 Å². The molecule has 8 nitrogen and oxygen atoms in total. The number of nitrogens with two attached hydrogens (primary N) is 1. The van der Waals surface area contributed by atoms with Gasteiger partial charge >= 0.3 is 5.97 Å². The summed E-state index contributed by atoms with van der Waals surface area (Å²) in [5, 5.41) is 9.41. The van der Waals surface area contributed by atoms with Gasteiger partial charge < -0.3 is 29.8 Å². The summed E-state index contributed by atoms with van der Waals surface area (Å²) in [6.07, 6.45) is 3.15. The molecular weight excluding hydrogens is 405 g/mol. The highest BCUT2D eigenvalue weighted by Gasteiger charge is 2.50. The van der Waals surface area contributed by atoms with Gasteiger partial charge in [-0.3, -0.25) is 4.79 Å². The van der Waals surface area contributed by atoms with Crippen LogP contribution in [-0.2, 0) is 9.47 Å². The van der Waals surface area contributed by atoms with Gasteiger partial charge in [0.25, 0.3) is 0 Å². The van der Waals surface area contributed by atoms with Crippen LogP contribution in [0.3, 0.4) is 0 Å². The van der Waals surface area contributed by atoms with Crippen molar-refractivity contribution in [3.63, 3.8) is 0 Å². The van der Waals surface area contributed by atoms with Crippen molar-refractivity contribution in [2.45, 2.75) is 30.7 Å². The van der Waals surface area contributed by atoms with Crippen LogP contribution in [0.1, 0.15) is 29.2 Å². The Morgan fingerprint density at radius 2 is 1.97 bits per heavy atom. The summed E-state index contributed by atoms with van der Waals surface area (Å²) >= 11 is 0. The molecule has 0 amide bonds. The molecule has 1 aromatic carbocycles. The molecule has 3 fully saturated rings. The lowest BCUT2D eigenvalue weighted by atomic mass is 10.1. The van der Waals surface area contributed by atoms with E-state index in [0.29, 0.717) is 31.0 Å². The predicted molar refractivity (Wildman–Crippen MR) is 105 cm³/mol. The van der Waals surface area contributed by atoms with Crippen LogP contribution < -0.4 is 16.1 Å². The van der Waals surface area contributed by atoms with Gasteiger partial charge in [0, 0.05) is 24.2 Å². The highest BCUT2D eigenvalue weighted by molar-refractivity contribution is 5.93. The van der Waals surface area contributed by atoms with Crippen LogP contribution in [-0.4, -0.2) is 53.8 Å². The van der Waals surface area contributed by atoms with Gasteiger partial charge in [-0.2, -0.15) is 0 Å². The Balaban J connectivity index is 0.00000205. The van der Waals surface area contributed by atoms with Gasteiger partial charge in [-0.05, 0) is 25.0 Å². The van der Waals surface area contributed by atoms with Gasteiger partial charge in [-0.25, -0.2) is 9.18 Å². The number of pyridine rings is 1. The second-order valence-electron chi connectivity index (χ2n) is 7.63. The zero-order valence-corrected chi connectivity index (χ0v) is 16.3. The largest absolute Gasteiger partial charge is 0.477 e. The van der Waals surface area contributed by atoms with Crippen LogP contribution >= 0.6 is 12.4 Å². The molecule has 2 aliphatic heterocycles. The van der Waals surface area contributed by atoms with Crippen LogP contribution in [0.25, 0.3) is 10.9 Å². The molecule has 1 unspecified atom stereocenters. The normalized spacial score (nSPS) is 23.0. The molecule has 1 aliphatic carbocycles. The van der Waals surface area contributed by atoms with Crippen LogP contribution in [0, 0.1) is 5.82 Å². The predicted octanol–water partition coefficient (Wildman–Crippen LogP) is 1.49. The number of ether oxygens (including phenoxy) is 2. The number of hydrogen-bond donors (Lipinski definition) is 2. The zero-order chi connectivity index (χ0) is 19.6. The minimum absolute atomic E-state index is 0. The van der Waals surface area contributed by atoms with Crippen molar-refractivity contribution < 1.29 is 23.8 Å². The number of carboxylic acids is 1. The van der Waals surface area contributed by atoms with Crippen molar-refractivity contribution in [2.24, 2.45) is 5.73 Å². The van der Waals surface area contributed by atoms with E-state index < -0.39 is 29.0 Å². The fourth-order valence-electron chi connectivity index (χ4n) is 4.19. The third-order valence-corrected chi connectivity index (χ3v) is 5.78. The molecule has 2 aromatic rings. The molecule has 29 heavy (non-hydrogen) atoms. The minimum Gasteiger partial charge on any atom is -0.477 e. The zero-order valence-electron chi connectivity index (χ0n) is 15.5. The van der Waals surface area contributed by atoms with Crippen molar-refractivity contribution in [3.05, 3.63) is 39.9 Å². The summed E-state index contributed by atoms with van der Waals surface area (Å²) in [4.78, 5) is 25.8. The number of hydrogen-bond acceptors (Lipinski definition) is 6. The van der Waals surface area contributed by atoms with E-state index in [0.717, 1.165) is 18.9 Å². The van der Waals surface area contributed by atoms with E-state index in [1.54, 1.807) is 15.5 Å². The van der Waals surface area contributed by atoms with Gasteiger partial charge in [0.1, 0.15) is 11.4 Å². The Morgan fingerprint density at radius 3 is 2.59 bits per heavy atom. The summed E-state index contributed by atoms with van der Waals surface area (Å²) in [5.74, 6) is -2.85. The third kappa shape index (κ3) is 3.09. The lowest BCUT2D eigenvalue weighted by molar-refractivity contribution is -0.147. The van der Waals surface area contributed by atoms with E-state index in [9.17, 15) is 19.1 Å². The van der Waals surface area contributed by atoms with Crippen LogP contribution in [0.2, 0.25) is 0 Å². The van der Waals surface area contributed by atoms with E-state index in [2.05, 4.69) is 0 Å². The number of aromatic nitrogens is 1. The first kappa shape index (κ1) is 20.1. The minimum atomic E-state index is -1.31. The van der Waals surface area contributed by atoms with Crippen LogP contribution in [0.4, 0.5) is 10.1 Å². The summed E-state index contributed by atoms with van der Waals surface area (Å²) in [5.41, 5.74) is 6.00. The van der Waals surface area contributed by atoms with Crippen molar-refractivity contribution in [3.8, 4) is 0 Å². The summed E-state index contributed by atoms with van der Waals surface area (Å²) in [7, 11) is 0. The third-order valence-electron chi connectivity index (χ3n) is 5.78. The molecule has 1 aromatic heterocycles. The first-order chi connectivity index (χ1) is 13.4. The Labute approximate surface area is 171 Å². The van der Waals surface area contributed by atoms with Crippen LogP contribution in [0.15, 0.2) is 23.1 Å². The summed E-state index contributed by atoms with van der Waals surface area (Å²) in [6, 6.07) is 2.43. The highest BCUT2D eigenvalue weighted by atomic mass is 35.5. The maximum absolute atomic E-state index is 15.0. The first-order valence-electron chi connectivity index (χ1n) is 9.30. The number of halogens is 2. The number of rotatable bonds is 3. The molecule has 156 valence electrons. The molecular formula is C19H21ClFN3O5. The second kappa shape index (κ2) is 6.94. The van der Waals surface area contributed by atoms with Crippen molar-refractivity contribution >= 4 is 35.0 Å². The number of aromatic carboxylic acids is 1. The molecule has 2 saturated heterocycles. The average molecular weight is 426 g/mol. The highest BCUT2D eigenvalue weighted by Crippen LogP contribution is 2.39. The molecule has 0 bridgehead atoms.